The maximum absolute atomic E-state index is 11.0. The topological polar surface area (TPSA) is 44.1 Å². The molecule has 0 aliphatic heterocycles. The van der Waals surface area contributed by atoms with Gasteiger partial charge in [-0.1, -0.05) is 0 Å². The number of aryl methyl sites for hydroxylation is 1. The zero-order valence-corrected chi connectivity index (χ0v) is 8.65. The van der Waals surface area contributed by atoms with Gasteiger partial charge in [-0.05, 0) is 19.9 Å². The van der Waals surface area contributed by atoms with Crippen molar-refractivity contribution in [3.63, 3.8) is 0 Å². The monoisotopic (exact) mass is 194 g/mol. The number of hydrogen-bond acceptors (Lipinski definition) is 3. The van der Waals surface area contributed by atoms with Crippen molar-refractivity contribution in [2.75, 3.05) is 6.61 Å². The summed E-state index contributed by atoms with van der Waals surface area (Å²) in [4.78, 5) is 11.0. The van der Waals surface area contributed by atoms with E-state index in [9.17, 15) is 4.79 Å². The molecule has 0 saturated heterocycles. The molecule has 4 nitrogen and oxygen atoms in total. The third-order valence-electron chi connectivity index (χ3n) is 1.96. The van der Waals surface area contributed by atoms with E-state index in [-0.39, 0.29) is 5.97 Å². The molecule has 0 aromatic carbocycles. The number of nitrogens with zero attached hydrogens (tertiary/aromatic N) is 2. The van der Waals surface area contributed by atoms with Crippen LogP contribution in [0.1, 0.15) is 18.2 Å². The van der Waals surface area contributed by atoms with Gasteiger partial charge in [0.15, 0.2) is 0 Å². The van der Waals surface area contributed by atoms with Gasteiger partial charge < -0.3 is 4.74 Å². The quantitative estimate of drug-likeness (QED) is 0.538. The summed E-state index contributed by atoms with van der Waals surface area (Å²) >= 11 is 0. The van der Waals surface area contributed by atoms with Crippen molar-refractivity contribution < 1.29 is 9.53 Å². The average molecular weight is 194 g/mol. The standard InChI is InChI=1S/C10H14N2O2/c1-4-14-10(13)6-5-9-7-11-12(3)8(9)2/h5-7H,4H2,1-3H3/b6-5+. The third kappa shape index (κ3) is 2.45. The molecule has 0 unspecified atom stereocenters. The Labute approximate surface area is 83.2 Å². The molecule has 0 amide bonds. The number of carbonyl (C=O) groups is 1. The lowest BCUT2D eigenvalue weighted by molar-refractivity contribution is -0.137. The molecule has 0 radical (unpaired) electrons. The maximum Gasteiger partial charge on any atom is 0.330 e. The van der Waals surface area contributed by atoms with E-state index in [1.165, 1.54) is 6.08 Å². The van der Waals surface area contributed by atoms with E-state index in [1.807, 2.05) is 14.0 Å². The normalized spacial score (nSPS) is 10.8. The summed E-state index contributed by atoms with van der Waals surface area (Å²) in [7, 11) is 1.86. The first-order valence-electron chi connectivity index (χ1n) is 4.48. The fourth-order valence-corrected chi connectivity index (χ4v) is 1.03. The van der Waals surface area contributed by atoms with Crippen LogP contribution >= 0.6 is 0 Å². The van der Waals surface area contributed by atoms with Crippen LogP contribution in [0.15, 0.2) is 12.3 Å². The second kappa shape index (κ2) is 4.60. The zero-order chi connectivity index (χ0) is 10.6. The van der Waals surface area contributed by atoms with Gasteiger partial charge in [0, 0.05) is 24.4 Å². The molecule has 0 atom stereocenters. The van der Waals surface area contributed by atoms with Gasteiger partial charge in [0.05, 0.1) is 12.8 Å². The Morgan fingerprint density at radius 2 is 2.43 bits per heavy atom. The number of rotatable bonds is 3. The number of hydrogen-bond donors (Lipinski definition) is 0. The Balaban J connectivity index is 2.69. The molecule has 0 aliphatic rings. The van der Waals surface area contributed by atoms with Gasteiger partial charge in [-0.3, -0.25) is 4.68 Å². The molecule has 1 heterocycles. The molecule has 1 aromatic rings. The molecule has 1 rings (SSSR count). The molecule has 76 valence electrons. The first-order chi connectivity index (χ1) is 6.65. The van der Waals surface area contributed by atoms with E-state index in [1.54, 1.807) is 23.9 Å². The largest absolute Gasteiger partial charge is 0.463 e. The molecule has 0 bridgehead atoms. The van der Waals surface area contributed by atoms with E-state index >= 15 is 0 Å². The van der Waals surface area contributed by atoms with Gasteiger partial charge >= 0.3 is 5.97 Å². The number of esters is 1. The van der Waals surface area contributed by atoms with Crippen LogP contribution in [0.2, 0.25) is 0 Å². The fraction of sp³-hybridized carbons (Fsp3) is 0.400. The molecular weight excluding hydrogens is 180 g/mol. The predicted molar refractivity (Wildman–Crippen MR) is 53.6 cm³/mol. The van der Waals surface area contributed by atoms with E-state index < -0.39 is 0 Å². The summed E-state index contributed by atoms with van der Waals surface area (Å²) in [5, 5.41) is 4.05. The van der Waals surface area contributed by atoms with Gasteiger partial charge in [0.1, 0.15) is 0 Å². The summed E-state index contributed by atoms with van der Waals surface area (Å²) in [6, 6.07) is 0. The first-order valence-corrected chi connectivity index (χ1v) is 4.48. The lowest BCUT2D eigenvalue weighted by Gasteiger charge is -1.95. The van der Waals surface area contributed by atoms with Gasteiger partial charge in [-0.15, -0.1) is 0 Å². The van der Waals surface area contributed by atoms with Crippen LogP contribution in [0.5, 0.6) is 0 Å². The lowest BCUT2D eigenvalue weighted by atomic mass is 10.2. The highest BCUT2D eigenvalue weighted by Gasteiger charge is 2.00. The Morgan fingerprint density at radius 3 is 2.93 bits per heavy atom. The average Bonchev–Trinajstić information content (AvgIpc) is 2.46. The van der Waals surface area contributed by atoms with E-state index in [4.69, 9.17) is 4.74 Å². The molecule has 0 spiro atoms. The van der Waals surface area contributed by atoms with Crippen LogP contribution in [-0.2, 0) is 16.6 Å². The van der Waals surface area contributed by atoms with Crippen molar-refractivity contribution in [2.45, 2.75) is 13.8 Å². The van der Waals surface area contributed by atoms with Crippen molar-refractivity contribution in [2.24, 2.45) is 7.05 Å². The maximum atomic E-state index is 11.0. The molecule has 4 heteroatoms. The third-order valence-corrected chi connectivity index (χ3v) is 1.96. The van der Waals surface area contributed by atoms with Gasteiger partial charge in [-0.25, -0.2) is 4.79 Å². The second-order valence-corrected chi connectivity index (χ2v) is 2.89. The summed E-state index contributed by atoms with van der Waals surface area (Å²) in [5.74, 6) is -0.323. The fourth-order valence-electron chi connectivity index (χ4n) is 1.03. The van der Waals surface area contributed by atoms with Crippen LogP contribution in [-0.4, -0.2) is 22.4 Å². The molecule has 0 fully saturated rings. The zero-order valence-electron chi connectivity index (χ0n) is 8.65. The highest BCUT2D eigenvalue weighted by Crippen LogP contribution is 2.07. The van der Waals surface area contributed by atoms with Crippen molar-refractivity contribution in [3.05, 3.63) is 23.5 Å². The van der Waals surface area contributed by atoms with Gasteiger partial charge in [0.2, 0.25) is 0 Å². The van der Waals surface area contributed by atoms with Crippen LogP contribution in [0.25, 0.3) is 6.08 Å². The van der Waals surface area contributed by atoms with Crippen molar-refractivity contribution in [1.82, 2.24) is 9.78 Å². The second-order valence-electron chi connectivity index (χ2n) is 2.89. The molecule has 0 aliphatic carbocycles. The smallest absolute Gasteiger partial charge is 0.330 e. The molecule has 1 aromatic heterocycles. The van der Waals surface area contributed by atoms with Gasteiger partial charge in [-0.2, -0.15) is 5.10 Å². The molecule has 0 N–H and O–H groups in total. The highest BCUT2D eigenvalue weighted by atomic mass is 16.5. The Kier molecular flexibility index (Phi) is 3.45. The number of ether oxygens (including phenoxy) is 1. The lowest BCUT2D eigenvalue weighted by Crippen LogP contribution is -1.98. The van der Waals surface area contributed by atoms with E-state index in [2.05, 4.69) is 5.10 Å². The van der Waals surface area contributed by atoms with E-state index in [0.29, 0.717) is 6.61 Å². The first kappa shape index (κ1) is 10.5. The molecule has 0 saturated carbocycles. The van der Waals surface area contributed by atoms with Crippen LogP contribution in [0, 0.1) is 6.92 Å². The van der Waals surface area contributed by atoms with Crippen molar-refractivity contribution in [3.8, 4) is 0 Å². The van der Waals surface area contributed by atoms with Crippen molar-refractivity contribution in [1.29, 1.82) is 0 Å². The van der Waals surface area contributed by atoms with Crippen LogP contribution < -0.4 is 0 Å². The Morgan fingerprint density at radius 1 is 1.71 bits per heavy atom. The van der Waals surface area contributed by atoms with Crippen molar-refractivity contribution >= 4 is 12.0 Å². The highest BCUT2D eigenvalue weighted by molar-refractivity contribution is 5.87. The SMILES string of the molecule is CCOC(=O)/C=C/c1cnn(C)c1C. The van der Waals surface area contributed by atoms with Crippen LogP contribution in [0.4, 0.5) is 0 Å². The number of aromatic nitrogens is 2. The summed E-state index contributed by atoms with van der Waals surface area (Å²) in [5.41, 5.74) is 1.95. The summed E-state index contributed by atoms with van der Waals surface area (Å²) < 4.78 is 6.51. The van der Waals surface area contributed by atoms with E-state index in [0.717, 1.165) is 11.3 Å². The Bertz CT molecular complexity index is 353. The number of carbonyl (C=O) groups excluding carboxylic acids is 1. The van der Waals surface area contributed by atoms with Crippen LogP contribution in [0.3, 0.4) is 0 Å². The Hall–Kier alpha value is -1.58. The molecular formula is C10H14N2O2. The molecule has 14 heavy (non-hydrogen) atoms. The van der Waals surface area contributed by atoms with Gasteiger partial charge in [0.25, 0.3) is 0 Å². The minimum absolute atomic E-state index is 0.323. The summed E-state index contributed by atoms with van der Waals surface area (Å²) in [6.07, 6.45) is 4.83. The minimum Gasteiger partial charge on any atom is -0.463 e. The predicted octanol–water partition coefficient (Wildman–Crippen LogP) is 1.30. The summed E-state index contributed by atoms with van der Waals surface area (Å²) in [6.45, 7) is 4.12. The minimum atomic E-state index is -0.323.